The van der Waals surface area contributed by atoms with Crippen molar-refractivity contribution < 1.29 is 9.84 Å². The van der Waals surface area contributed by atoms with Crippen LogP contribution in [0.2, 0.25) is 5.02 Å². The van der Waals surface area contributed by atoms with E-state index in [1.165, 1.54) is 0 Å². The van der Waals surface area contributed by atoms with Crippen LogP contribution >= 0.6 is 11.6 Å². The second-order valence-corrected chi connectivity index (χ2v) is 5.47. The van der Waals surface area contributed by atoms with Crippen LogP contribution in [0.15, 0.2) is 24.3 Å². The van der Waals surface area contributed by atoms with Gasteiger partial charge in [0.25, 0.3) is 0 Å². The third-order valence-corrected chi connectivity index (χ3v) is 3.98. The van der Waals surface area contributed by atoms with E-state index >= 15 is 0 Å². The van der Waals surface area contributed by atoms with Crippen molar-refractivity contribution >= 4 is 11.6 Å². The van der Waals surface area contributed by atoms with Crippen LogP contribution in [0.5, 0.6) is 0 Å². The summed E-state index contributed by atoms with van der Waals surface area (Å²) in [4.78, 5) is 2.41. The molecule has 4 heteroatoms. The van der Waals surface area contributed by atoms with Crippen molar-refractivity contribution in [2.45, 2.75) is 31.9 Å². The topological polar surface area (TPSA) is 32.7 Å². The first-order valence-corrected chi connectivity index (χ1v) is 7.34. The molecule has 1 N–H and O–H groups in total. The second kappa shape index (κ2) is 7.25. The summed E-state index contributed by atoms with van der Waals surface area (Å²) in [5.41, 5.74) is 0.897. The Morgan fingerprint density at radius 1 is 1.53 bits per heavy atom. The highest BCUT2D eigenvalue weighted by molar-refractivity contribution is 6.30. The summed E-state index contributed by atoms with van der Waals surface area (Å²) in [7, 11) is 0. The molecule has 2 rings (SSSR count). The molecule has 0 radical (unpaired) electrons. The Balaban J connectivity index is 1.87. The van der Waals surface area contributed by atoms with Crippen molar-refractivity contribution in [3.63, 3.8) is 0 Å². The average Bonchev–Trinajstić information content (AvgIpc) is 2.45. The van der Waals surface area contributed by atoms with Gasteiger partial charge in [-0.25, -0.2) is 0 Å². The van der Waals surface area contributed by atoms with E-state index in [4.69, 9.17) is 16.3 Å². The van der Waals surface area contributed by atoms with Crippen LogP contribution < -0.4 is 0 Å². The maximum absolute atomic E-state index is 10.2. The minimum Gasteiger partial charge on any atom is -0.388 e. The number of ether oxygens (including phenoxy) is 1. The maximum atomic E-state index is 10.2. The van der Waals surface area contributed by atoms with Gasteiger partial charge >= 0.3 is 0 Å². The van der Waals surface area contributed by atoms with Crippen LogP contribution in [0.3, 0.4) is 0 Å². The third-order valence-electron chi connectivity index (χ3n) is 3.74. The second-order valence-electron chi connectivity index (χ2n) is 5.03. The van der Waals surface area contributed by atoms with Crippen LogP contribution in [0.4, 0.5) is 0 Å². The molecule has 1 fully saturated rings. The molecular formula is C15H22ClNO2. The zero-order valence-electron chi connectivity index (χ0n) is 11.4. The first kappa shape index (κ1) is 14.8. The zero-order valence-corrected chi connectivity index (χ0v) is 12.1. The van der Waals surface area contributed by atoms with Crippen molar-refractivity contribution in [3.05, 3.63) is 34.9 Å². The van der Waals surface area contributed by atoms with Gasteiger partial charge in [-0.3, -0.25) is 4.90 Å². The summed E-state index contributed by atoms with van der Waals surface area (Å²) in [5.74, 6) is 0. The molecule has 0 saturated carbocycles. The molecule has 2 atom stereocenters. The summed E-state index contributed by atoms with van der Waals surface area (Å²) >= 11 is 5.95. The molecule has 1 saturated heterocycles. The highest BCUT2D eigenvalue weighted by Crippen LogP contribution is 2.21. The van der Waals surface area contributed by atoms with E-state index in [0.717, 1.165) is 44.7 Å². The summed E-state index contributed by atoms with van der Waals surface area (Å²) < 4.78 is 5.49. The number of hydrogen-bond acceptors (Lipinski definition) is 3. The largest absolute Gasteiger partial charge is 0.388 e. The van der Waals surface area contributed by atoms with Crippen molar-refractivity contribution in [2.24, 2.45) is 0 Å². The lowest BCUT2D eigenvalue weighted by Crippen LogP contribution is -2.45. The predicted molar refractivity (Wildman–Crippen MR) is 77.5 cm³/mol. The smallest absolute Gasteiger partial charge is 0.0802 e. The standard InChI is InChI=1S/C15H22ClNO2/c1-2-14-11-19-9-8-17(14)7-6-15(18)12-4-3-5-13(16)10-12/h3-5,10,14-15,18H,2,6-9,11H2,1H3. The van der Waals surface area contributed by atoms with Crippen molar-refractivity contribution in [2.75, 3.05) is 26.3 Å². The fourth-order valence-electron chi connectivity index (χ4n) is 2.53. The molecule has 1 aliphatic heterocycles. The predicted octanol–water partition coefficient (Wildman–Crippen LogP) is 2.87. The van der Waals surface area contributed by atoms with E-state index in [2.05, 4.69) is 11.8 Å². The summed E-state index contributed by atoms with van der Waals surface area (Å²) in [5, 5.41) is 10.9. The van der Waals surface area contributed by atoms with Gasteiger partial charge in [0, 0.05) is 24.2 Å². The average molecular weight is 284 g/mol. The van der Waals surface area contributed by atoms with Crippen molar-refractivity contribution in [1.29, 1.82) is 0 Å². The minimum atomic E-state index is -0.445. The molecule has 2 unspecified atom stereocenters. The zero-order chi connectivity index (χ0) is 13.7. The van der Waals surface area contributed by atoms with Gasteiger partial charge in [0.1, 0.15) is 0 Å². The van der Waals surface area contributed by atoms with Crippen LogP contribution in [0, 0.1) is 0 Å². The Morgan fingerprint density at radius 3 is 3.11 bits per heavy atom. The maximum Gasteiger partial charge on any atom is 0.0802 e. The van der Waals surface area contributed by atoms with Gasteiger partial charge in [0.2, 0.25) is 0 Å². The van der Waals surface area contributed by atoms with Crippen molar-refractivity contribution in [3.8, 4) is 0 Å². The number of aliphatic hydroxyl groups excluding tert-OH is 1. The van der Waals surface area contributed by atoms with Gasteiger partial charge in [0.15, 0.2) is 0 Å². The fourth-order valence-corrected chi connectivity index (χ4v) is 2.73. The lowest BCUT2D eigenvalue weighted by molar-refractivity contribution is -0.0143. The lowest BCUT2D eigenvalue weighted by Gasteiger charge is -2.35. The number of morpholine rings is 1. The molecule has 0 aromatic heterocycles. The van der Waals surface area contributed by atoms with Crippen LogP contribution in [-0.2, 0) is 4.74 Å². The van der Waals surface area contributed by atoms with E-state index in [1.54, 1.807) is 0 Å². The number of aliphatic hydroxyl groups is 1. The van der Waals surface area contributed by atoms with Gasteiger partial charge in [-0.1, -0.05) is 30.7 Å². The number of halogens is 1. The van der Waals surface area contributed by atoms with Crippen LogP contribution in [0.25, 0.3) is 0 Å². The summed E-state index contributed by atoms with van der Waals surface area (Å²) in [6.45, 7) is 5.64. The summed E-state index contributed by atoms with van der Waals surface area (Å²) in [6.07, 6.45) is 1.38. The minimum absolute atomic E-state index is 0.445. The summed E-state index contributed by atoms with van der Waals surface area (Å²) in [6, 6.07) is 7.95. The van der Waals surface area contributed by atoms with E-state index < -0.39 is 6.10 Å². The highest BCUT2D eigenvalue weighted by atomic mass is 35.5. The van der Waals surface area contributed by atoms with Gasteiger partial charge in [-0.05, 0) is 30.5 Å². The first-order chi connectivity index (χ1) is 9.20. The van der Waals surface area contributed by atoms with E-state index in [-0.39, 0.29) is 0 Å². The highest BCUT2D eigenvalue weighted by Gasteiger charge is 2.21. The molecular weight excluding hydrogens is 262 g/mol. The van der Waals surface area contributed by atoms with E-state index in [9.17, 15) is 5.11 Å². The number of benzene rings is 1. The number of hydrogen-bond donors (Lipinski definition) is 1. The third kappa shape index (κ3) is 4.18. The van der Waals surface area contributed by atoms with Crippen molar-refractivity contribution in [1.82, 2.24) is 4.90 Å². The van der Waals surface area contributed by atoms with E-state index in [1.807, 2.05) is 24.3 Å². The molecule has 106 valence electrons. The first-order valence-electron chi connectivity index (χ1n) is 6.96. The number of rotatable bonds is 5. The van der Waals surface area contributed by atoms with Gasteiger partial charge in [-0.15, -0.1) is 0 Å². The molecule has 0 bridgehead atoms. The number of nitrogens with zero attached hydrogens (tertiary/aromatic N) is 1. The van der Waals surface area contributed by atoms with Gasteiger partial charge in [-0.2, -0.15) is 0 Å². The Kier molecular flexibility index (Phi) is 5.64. The Hall–Kier alpha value is -0.610. The van der Waals surface area contributed by atoms with Crippen LogP contribution in [0.1, 0.15) is 31.4 Å². The molecule has 0 spiro atoms. The quantitative estimate of drug-likeness (QED) is 0.902. The molecule has 0 amide bonds. The molecule has 1 heterocycles. The molecule has 1 aromatic carbocycles. The Labute approximate surface area is 120 Å². The normalized spacial score (nSPS) is 22.4. The van der Waals surface area contributed by atoms with Gasteiger partial charge < -0.3 is 9.84 Å². The molecule has 0 aliphatic carbocycles. The van der Waals surface area contributed by atoms with Crippen LogP contribution in [-0.4, -0.2) is 42.4 Å². The monoisotopic (exact) mass is 283 g/mol. The molecule has 3 nitrogen and oxygen atoms in total. The lowest BCUT2D eigenvalue weighted by atomic mass is 10.1. The molecule has 19 heavy (non-hydrogen) atoms. The Bertz CT molecular complexity index is 399. The van der Waals surface area contributed by atoms with Gasteiger partial charge in [0.05, 0.1) is 19.3 Å². The molecule has 1 aliphatic rings. The Morgan fingerprint density at radius 2 is 2.37 bits per heavy atom. The fraction of sp³-hybridized carbons (Fsp3) is 0.600. The SMILES string of the molecule is CCC1COCCN1CCC(O)c1cccc(Cl)c1. The molecule has 1 aromatic rings. The van der Waals surface area contributed by atoms with E-state index in [0.29, 0.717) is 11.1 Å².